The van der Waals surface area contributed by atoms with Crippen LogP contribution in [-0.2, 0) is 29.4 Å². The Labute approximate surface area is 305 Å². The molecule has 3 rings (SSSR count). The van der Waals surface area contributed by atoms with Crippen LogP contribution in [-0.4, -0.2) is 116 Å². The van der Waals surface area contributed by atoms with Crippen LogP contribution in [0.2, 0.25) is 0 Å². The second-order valence-corrected chi connectivity index (χ2v) is 18.5. The van der Waals surface area contributed by atoms with Crippen molar-refractivity contribution in [1.82, 2.24) is 34.8 Å². The molecule has 1 aliphatic heterocycles. The van der Waals surface area contributed by atoms with Crippen molar-refractivity contribution in [2.24, 2.45) is 29.1 Å². The van der Waals surface area contributed by atoms with E-state index in [4.69, 9.17) is 0 Å². The zero-order chi connectivity index (χ0) is 38.3. The summed E-state index contributed by atoms with van der Waals surface area (Å²) in [6, 6.07) is -3.99. The Hall–Kier alpha value is -3.04. The molecule has 0 aromatic rings. The first-order valence-corrected chi connectivity index (χ1v) is 19.9. The minimum Gasteiger partial charge on any atom is -0.346 e. The van der Waals surface area contributed by atoms with Crippen LogP contribution >= 0.6 is 0 Å². The van der Waals surface area contributed by atoms with E-state index in [1.54, 1.807) is 4.90 Å². The number of likely N-dealkylation sites (N-methyl/N-ethyl adjacent to an activating group) is 1. The summed E-state index contributed by atoms with van der Waals surface area (Å²) in [5.41, 5.74) is -0.530. The van der Waals surface area contributed by atoms with E-state index in [0.29, 0.717) is 19.4 Å². The molecule has 0 spiro atoms. The van der Waals surface area contributed by atoms with Crippen molar-refractivity contribution in [3.8, 4) is 0 Å². The van der Waals surface area contributed by atoms with Gasteiger partial charge in [0.2, 0.25) is 17.6 Å². The first-order chi connectivity index (χ1) is 23.8. The average molecular weight is 738 g/mol. The fourth-order valence-electron chi connectivity index (χ4n) is 7.22. The van der Waals surface area contributed by atoms with Gasteiger partial charge in [-0.25, -0.2) is 4.79 Å². The maximum atomic E-state index is 14.6. The normalized spacial score (nSPS) is 22.0. The first-order valence-electron chi connectivity index (χ1n) is 18.5. The Bertz CT molecular complexity index is 1370. The molecule has 1 unspecified atom stereocenters. The van der Waals surface area contributed by atoms with Crippen molar-refractivity contribution in [1.29, 1.82) is 0 Å². The molecule has 1 saturated heterocycles. The maximum Gasteiger partial charge on any atom is 0.315 e. The van der Waals surface area contributed by atoms with Gasteiger partial charge >= 0.3 is 6.03 Å². The zero-order valence-corrected chi connectivity index (χ0v) is 32.8. The highest BCUT2D eigenvalue weighted by Crippen LogP contribution is 2.36. The van der Waals surface area contributed by atoms with Gasteiger partial charge < -0.3 is 26.2 Å². The number of urea groups is 1. The molecular formula is C36H63N7O7S. The molecule has 0 bridgehead atoms. The Kier molecular flexibility index (Phi) is 15.1. The van der Waals surface area contributed by atoms with E-state index in [1.165, 1.54) is 31.5 Å². The summed E-state index contributed by atoms with van der Waals surface area (Å²) in [7, 11) is 0.613. The summed E-state index contributed by atoms with van der Waals surface area (Å²) in [6.45, 7) is 13.7. The molecule has 290 valence electrons. The number of likely N-dealkylation sites (tertiary alicyclic amines) is 1. The first kappa shape index (κ1) is 42.4. The van der Waals surface area contributed by atoms with E-state index in [2.05, 4.69) is 27.8 Å². The summed E-state index contributed by atoms with van der Waals surface area (Å²) < 4.78 is 27.9. The van der Waals surface area contributed by atoms with Crippen molar-refractivity contribution in [2.75, 3.05) is 40.8 Å². The summed E-state index contributed by atoms with van der Waals surface area (Å²) in [4.78, 5) is 70.0. The standard InChI is InChI=1S/C36H63N7O7S/c1-10-19-37-33(46)31(44)27(21-24-16-17-24)38-32(45)30-26(23(2)3)18-20-43(30)34(47)29(25-14-12-11-13-15-25)40-35(48)39-28(36(4,5)6)22-42(9)51(49,50)41(7)8/h10,23-30H,1,11-22H2,2-9H3,(H,37,46)(H,38,45)(H2,39,40,48)/t26-,27?,28-,29+,30+/m1/s1. The van der Waals surface area contributed by atoms with Gasteiger partial charge in [0.05, 0.1) is 6.04 Å². The van der Waals surface area contributed by atoms with Crippen LogP contribution in [0, 0.1) is 29.1 Å². The fourth-order valence-corrected chi connectivity index (χ4v) is 8.11. The molecule has 2 saturated carbocycles. The lowest BCUT2D eigenvalue weighted by Crippen LogP contribution is -2.61. The Balaban J connectivity index is 1.87. The molecule has 3 aliphatic rings. The molecular weight excluding hydrogens is 675 g/mol. The number of carbonyl (C=O) groups excluding carboxylic acids is 5. The number of Topliss-reactive ketones (excluding diaryl/α,β-unsaturated/α-hetero) is 1. The zero-order valence-electron chi connectivity index (χ0n) is 32.0. The highest BCUT2D eigenvalue weighted by Gasteiger charge is 2.47. The molecule has 51 heavy (non-hydrogen) atoms. The van der Waals surface area contributed by atoms with Gasteiger partial charge in [-0.05, 0) is 54.8 Å². The van der Waals surface area contributed by atoms with Crippen LogP contribution in [0.5, 0.6) is 0 Å². The molecule has 5 atom stereocenters. The van der Waals surface area contributed by atoms with Gasteiger partial charge in [0, 0.05) is 46.8 Å². The molecule has 4 N–H and O–H groups in total. The lowest BCUT2D eigenvalue weighted by Gasteiger charge is -2.38. The van der Waals surface area contributed by atoms with E-state index in [0.717, 1.165) is 49.3 Å². The Morgan fingerprint density at radius 3 is 2.08 bits per heavy atom. The fraction of sp³-hybridized carbons (Fsp3) is 0.806. The van der Waals surface area contributed by atoms with Crippen molar-refractivity contribution in [3.05, 3.63) is 12.7 Å². The van der Waals surface area contributed by atoms with Gasteiger partial charge in [0.15, 0.2) is 0 Å². The topological polar surface area (TPSA) is 177 Å². The lowest BCUT2D eigenvalue weighted by atomic mass is 9.82. The summed E-state index contributed by atoms with van der Waals surface area (Å²) in [6.07, 6.45) is 8.57. The highest BCUT2D eigenvalue weighted by molar-refractivity contribution is 7.86. The SMILES string of the molecule is C=CCNC(=O)C(=O)C(CC1CC1)NC(=O)[C@@H]1[C@@H](C(C)C)CCN1C(=O)[C@@H](NC(=O)N[C@H](CN(C)S(=O)(=O)N(C)C)C(C)(C)C)C1CCCCC1. The van der Waals surface area contributed by atoms with Crippen LogP contribution in [0.1, 0.15) is 92.4 Å². The largest absolute Gasteiger partial charge is 0.346 e. The van der Waals surface area contributed by atoms with Crippen molar-refractivity contribution in [3.63, 3.8) is 0 Å². The molecule has 0 aromatic heterocycles. The van der Waals surface area contributed by atoms with Crippen molar-refractivity contribution in [2.45, 2.75) is 117 Å². The van der Waals surface area contributed by atoms with E-state index in [9.17, 15) is 32.4 Å². The number of rotatable bonds is 17. The third-order valence-electron chi connectivity index (χ3n) is 10.7. The molecule has 14 nitrogen and oxygen atoms in total. The lowest BCUT2D eigenvalue weighted by molar-refractivity contribution is -0.144. The highest BCUT2D eigenvalue weighted by atomic mass is 32.2. The van der Waals surface area contributed by atoms with E-state index >= 15 is 0 Å². The third kappa shape index (κ3) is 11.5. The third-order valence-corrected chi connectivity index (χ3v) is 12.6. The van der Waals surface area contributed by atoms with Gasteiger partial charge in [-0.3, -0.25) is 19.2 Å². The van der Waals surface area contributed by atoms with Crippen LogP contribution in [0.25, 0.3) is 0 Å². The van der Waals surface area contributed by atoms with Gasteiger partial charge in [-0.1, -0.05) is 72.8 Å². The van der Waals surface area contributed by atoms with Crippen molar-refractivity contribution >= 4 is 39.7 Å². The number of nitrogens with zero attached hydrogens (tertiary/aromatic N) is 3. The minimum absolute atomic E-state index is 0.0102. The molecule has 5 amide bonds. The van der Waals surface area contributed by atoms with Crippen LogP contribution in [0.3, 0.4) is 0 Å². The number of carbonyl (C=O) groups is 5. The predicted octanol–water partition coefficient (Wildman–Crippen LogP) is 2.42. The van der Waals surface area contributed by atoms with Gasteiger partial charge in [-0.2, -0.15) is 17.0 Å². The van der Waals surface area contributed by atoms with Gasteiger partial charge in [-0.15, -0.1) is 6.58 Å². The quantitative estimate of drug-likeness (QED) is 0.131. The predicted molar refractivity (Wildman–Crippen MR) is 196 cm³/mol. The summed E-state index contributed by atoms with van der Waals surface area (Å²) in [5, 5.41) is 11.3. The summed E-state index contributed by atoms with van der Waals surface area (Å²) >= 11 is 0. The molecule has 0 radical (unpaired) electrons. The summed E-state index contributed by atoms with van der Waals surface area (Å²) in [5.74, 6) is -2.39. The van der Waals surface area contributed by atoms with Gasteiger partial charge in [0.1, 0.15) is 12.1 Å². The minimum atomic E-state index is -3.74. The number of hydrogen-bond acceptors (Lipinski definition) is 7. The Morgan fingerprint density at radius 2 is 1.55 bits per heavy atom. The molecule has 3 fully saturated rings. The van der Waals surface area contributed by atoms with Crippen molar-refractivity contribution < 1.29 is 32.4 Å². The van der Waals surface area contributed by atoms with Crippen LogP contribution in [0.4, 0.5) is 4.79 Å². The second-order valence-electron chi connectivity index (χ2n) is 16.3. The Morgan fingerprint density at radius 1 is 0.922 bits per heavy atom. The number of nitrogens with one attached hydrogen (secondary N) is 4. The van der Waals surface area contributed by atoms with E-state index in [1.807, 2.05) is 34.6 Å². The maximum absolute atomic E-state index is 14.6. The van der Waals surface area contributed by atoms with Crippen LogP contribution in [0.15, 0.2) is 12.7 Å². The average Bonchev–Trinajstić information content (AvgIpc) is 3.77. The van der Waals surface area contributed by atoms with E-state index < -0.39 is 63.4 Å². The molecule has 0 aromatic carbocycles. The number of hydrogen-bond donors (Lipinski definition) is 4. The second kappa shape index (κ2) is 18.1. The molecule has 15 heteroatoms. The number of amides is 5. The smallest absolute Gasteiger partial charge is 0.315 e. The molecule has 2 aliphatic carbocycles. The molecule has 1 heterocycles. The monoisotopic (exact) mass is 737 g/mol. The number of ketones is 1. The van der Waals surface area contributed by atoms with E-state index in [-0.39, 0.29) is 42.7 Å². The van der Waals surface area contributed by atoms with Crippen LogP contribution < -0.4 is 21.3 Å². The van der Waals surface area contributed by atoms with Gasteiger partial charge in [0.25, 0.3) is 16.1 Å².